The number of amides is 1. The summed E-state index contributed by atoms with van der Waals surface area (Å²) in [6.07, 6.45) is 0.522. The van der Waals surface area contributed by atoms with Crippen molar-refractivity contribution in [2.75, 3.05) is 0 Å². The standard InChI is InChI=1S/C21H31N3O2/c1-14(2)13-24-17(6)20(16(5)23-24)11-21(25)22-12-18-7-9-19(10-8-18)26-15(3)4/h7-10,14-15H,11-13H2,1-6H3,(H,22,25). The second kappa shape index (κ2) is 8.88. The fourth-order valence-electron chi connectivity index (χ4n) is 2.90. The summed E-state index contributed by atoms with van der Waals surface area (Å²) in [7, 11) is 0. The number of nitrogens with one attached hydrogen (secondary N) is 1. The smallest absolute Gasteiger partial charge is 0.224 e. The molecule has 1 aromatic carbocycles. The van der Waals surface area contributed by atoms with Gasteiger partial charge in [0.2, 0.25) is 5.91 Å². The molecule has 0 saturated heterocycles. The molecule has 5 heteroatoms. The van der Waals surface area contributed by atoms with Gasteiger partial charge in [-0.2, -0.15) is 5.10 Å². The highest BCUT2D eigenvalue weighted by Gasteiger charge is 2.15. The summed E-state index contributed by atoms with van der Waals surface area (Å²) >= 11 is 0. The largest absolute Gasteiger partial charge is 0.491 e. The topological polar surface area (TPSA) is 56.2 Å². The van der Waals surface area contributed by atoms with Gasteiger partial charge in [-0.1, -0.05) is 26.0 Å². The molecule has 1 amide bonds. The molecule has 0 aliphatic heterocycles. The molecule has 0 aliphatic carbocycles. The van der Waals surface area contributed by atoms with Crippen molar-refractivity contribution in [3.8, 4) is 5.75 Å². The zero-order chi connectivity index (χ0) is 19.3. The van der Waals surface area contributed by atoms with Gasteiger partial charge in [-0.25, -0.2) is 0 Å². The summed E-state index contributed by atoms with van der Waals surface area (Å²) in [5.74, 6) is 1.39. The van der Waals surface area contributed by atoms with Crippen LogP contribution in [-0.4, -0.2) is 21.8 Å². The van der Waals surface area contributed by atoms with Crippen LogP contribution in [0.2, 0.25) is 0 Å². The Morgan fingerprint density at radius 2 is 1.81 bits per heavy atom. The van der Waals surface area contributed by atoms with E-state index in [2.05, 4.69) is 24.3 Å². The fourth-order valence-corrected chi connectivity index (χ4v) is 2.90. The molecule has 1 heterocycles. The Bertz CT molecular complexity index is 730. The first-order valence-electron chi connectivity index (χ1n) is 9.31. The first kappa shape index (κ1) is 20.0. The number of aryl methyl sites for hydroxylation is 1. The van der Waals surface area contributed by atoms with Crippen molar-refractivity contribution in [2.45, 2.75) is 67.2 Å². The summed E-state index contributed by atoms with van der Waals surface area (Å²) in [5.41, 5.74) is 4.11. The summed E-state index contributed by atoms with van der Waals surface area (Å²) < 4.78 is 7.64. The summed E-state index contributed by atoms with van der Waals surface area (Å²) in [5, 5.41) is 7.57. The second-order valence-electron chi connectivity index (χ2n) is 7.49. The lowest BCUT2D eigenvalue weighted by atomic mass is 10.1. The van der Waals surface area contributed by atoms with Gasteiger partial charge in [0, 0.05) is 24.3 Å². The number of rotatable bonds is 8. The van der Waals surface area contributed by atoms with E-state index in [4.69, 9.17) is 4.74 Å². The minimum Gasteiger partial charge on any atom is -0.491 e. The summed E-state index contributed by atoms with van der Waals surface area (Å²) in [6, 6.07) is 7.84. The van der Waals surface area contributed by atoms with Crippen LogP contribution in [0.3, 0.4) is 0 Å². The van der Waals surface area contributed by atoms with E-state index in [1.165, 1.54) is 0 Å². The monoisotopic (exact) mass is 357 g/mol. The minimum atomic E-state index is 0.0165. The third-order valence-electron chi connectivity index (χ3n) is 4.19. The molecular weight excluding hydrogens is 326 g/mol. The maximum atomic E-state index is 12.4. The molecule has 0 saturated carbocycles. The van der Waals surface area contributed by atoms with Crippen LogP contribution < -0.4 is 10.1 Å². The van der Waals surface area contributed by atoms with E-state index >= 15 is 0 Å². The first-order chi connectivity index (χ1) is 12.3. The summed E-state index contributed by atoms with van der Waals surface area (Å²) in [4.78, 5) is 12.4. The fraction of sp³-hybridized carbons (Fsp3) is 0.524. The quantitative estimate of drug-likeness (QED) is 0.782. The molecule has 1 N–H and O–H groups in total. The second-order valence-corrected chi connectivity index (χ2v) is 7.49. The zero-order valence-electron chi connectivity index (χ0n) is 16.8. The van der Waals surface area contributed by atoms with Crippen molar-refractivity contribution in [3.05, 3.63) is 46.8 Å². The summed E-state index contributed by atoms with van der Waals surface area (Å²) in [6.45, 7) is 13.7. The van der Waals surface area contributed by atoms with Crippen LogP contribution in [0, 0.1) is 19.8 Å². The van der Waals surface area contributed by atoms with Gasteiger partial charge in [-0.15, -0.1) is 0 Å². The van der Waals surface area contributed by atoms with Crippen molar-refractivity contribution < 1.29 is 9.53 Å². The van der Waals surface area contributed by atoms with Gasteiger partial charge in [-0.05, 0) is 51.3 Å². The molecule has 0 unspecified atom stereocenters. The molecule has 0 radical (unpaired) electrons. The highest BCUT2D eigenvalue weighted by molar-refractivity contribution is 5.79. The van der Waals surface area contributed by atoms with Crippen molar-refractivity contribution >= 4 is 5.91 Å². The lowest BCUT2D eigenvalue weighted by Crippen LogP contribution is -2.25. The van der Waals surface area contributed by atoms with Crippen molar-refractivity contribution in [3.63, 3.8) is 0 Å². The molecule has 0 aliphatic rings. The molecule has 2 aromatic rings. The molecule has 1 aromatic heterocycles. The van der Waals surface area contributed by atoms with Crippen molar-refractivity contribution in [2.24, 2.45) is 5.92 Å². The lowest BCUT2D eigenvalue weighted by Gasteiger charge is -2.11. The number of hydrogen-bond acceptors (Lipinski definition) is 3. The van der Waals surface area contributed by atoms with E-state index in [1.807, 2.05) is 56.6 Å². The number of aromatic nitrogens is 2. The predicted molar refractivity (Wildman–Crippen MR) is 104 cm³/mol. The maximum Gasteiger partial charge on any atom is 0.224 e. The van der Waals surface area contributed by atoms with Gasteiger partial charge in [0.15, 0.2) is 0 Å². The molecule has 142 valence electrons. The van der Waals surface area contributed by atoms with E-state index in [0.717, 1.165) is 34.8 Å². The predicted octanol–water partition coefficient (Wildman–Crippen LogP) is 3.80. The van der Waals surface area contributed by atoms with E-state index in [0.29, 0.717) is 18.9 Å². The van der Waals surface area contributed by atoms with Gasteiger partial charge < -0.3 is 10.1 Å². The van der Waals surface area contributed by atoms with Gasteiger partial charge in [0.25, 0.3) is 0 Å². The van der Waals surface area contributed by atoms with E-state index in [9.17, 15) is 4.79 Å². The third-order valence-corrected chi connectivity index (χ3v) is 4.19. The minimum absolute atomic E-state index is 0.0165. The van der Waals surface area contributed by atoms with E-state index in [-0.39, 0.29) is 12.0 Å². The Morgan fingerprint density at radius 3 is 2.38 bits per heavy atom. The highest BCUT2D eigenvalue weighted by Crippen LogP contribution is 2.16. The number of carbonyl (C=O) groups is 1. The molecular formula is C21H31N3O2. The van der Waals surface area contributed by atoms with Crippen LogP contribution in [-0.2, 0) is 24.3 Å². The van der Waals surface area contributed by atoms with Crippen LogP contribution in [0.4, 0.5) is 0 Å². The Labute approximate surface area is 156 Å². The van der Waals surface area contributed by atoms with E-state index < -0.39 is 0 Å². The van der Waals surface area contributed by atoms with E-state index in [1.54, 1.807) is 0 Å². The number of ether oxygens (including phenoxy) is 1. The normalized spacial score (nSPS) is 11.2. The van der Waals surface area contributed by atoms with Crippen molar-refractivity contribution in [1.82, 2.24) is 15.1 Å². The molecule has 5 nitrogen and oxygen atoms in total. The van der Waals surface area contributed by atoms with Crippen LogP contribution >= 0.6 is 0 Å². The maximum absolute atomic E-state index is 12.4. The molecule has 0 spiro atoms. The molecule has 0 bridgehead atoms. The Morgan fingerprint density at radius 1 is 1.15 bits per heavy atom. The lowest BCUT2D eigenvalue weighted by molar-refractivity contribution is -0.120. The SMILES string of the molecule is Cc1nn(CC(C)C)c(C)c1CC(=O)NCc1ccc(OC(C)C)cc1. The van der Waals surface area contributed by atoms with Crippen LogP contribution in [0.5, 0.6) is 5.75 Å². The zero-order valence-corrected chi connectivity index (χ0v) is 16.8. The van der Waals surface area contributed by atoms with Crippen molar-refractivity contribution in [1.29, 1.82) is 0 Å². The van der Waals surface area contributed by atoms with Gasteiger partial charge in [0.05, 0.1) is 18.2 Å². The first-order valence-corrected chi connectivity index (χ1v) is 9.31. The van der Waals surface area contributed by atoms with Gasteiger partial charge in [0.1, 0.15) is 5.75 Å². The van der Waals surface area contributed by atoms with Crippen LogP contribution in [0.1, 0.15) is 50.2 Å². The highest BCUT2D eigenvalue weighted by atomic mass is 16.5. The number of hydrogen-bond donors (Lipinski definition) is 1. The molecule has 26 heavy (non-hydrogen) atoms. The van der Waals surface area contributed by atoms with Crippen LogP contribution in [0.25, 0.3) is 0 Å². The average Bonchev–Trinajstić information content (AvgIpc) is 2.80. The van der Waals surface area contributed by atoms with Gasteiger partial charge in [-0.3, -0.25) is 9.48 Å². The number of carbonyl (C=O) groups excluding carboxylic acids is 1. The number of benzene rings is 1. The third kappa shape index (κ3) is 5.61. The van der Waals surface area contributed by atoms with Crippen LogP contribution in [0.15, 0.2) is 24.3 Å². The number of nitrogens with zero attached hydrogens (tertiary/aromatic N) is 2. The Balaban J connectivity index is 1.92. The Kier molecular flexibility index (Phi) is 6.83. The molecule has 0 atom stereocenters. The average molecular weight is 357 g/mol. The Hall–Kier alpha value is -2.30. The van der Waals surface area contributed by atoms with Gasteiger partial charge >= 0.3 is 0 Å². The molecule has 0 fully saturated rings. The molecule has 2 rings (SSSR count).